The molecule has 1 N–H and O–H groups in total. The van der Waals surface area contributed by atoms with Crippen molar-refractivity contribution in [3.8, 4) is 0 Å². The molecule has 0 aromatic carbocycles. The van der Waals surface area contributed by atoms with E-state index in [0.29, 0.717) is 15.4 Å². The Bertz CT molecular complexity index is 500. The molecular formula is C8H7BrN2O2. The third-order valence-corrected chi connectivity index (χ3v) is 2.45. The minimum Gasteiger partial charge on any atom is -0.461 e. The van der Waals surface area contributed by atoms with Crippen molar-refractivity contribution in [3.05, 3.63) is 26.8 Å². The van der Waals surface area contributed by atoms with E-state index in [-0.39, 0.29) is 5.56 Å². The number of rotatable bonds is 1. The van der Waals surface area contributed by atoms with Gasteiger partial charge in [-0.1, -0.05) is 6.92 Å². The molecule has 0 atom stereocenters. The minimum absolute atomic E-state index is 0.229. The average molecular weight is 243 g/mol. The minimum atomic E-state index is -0.229. The van der Waals surface area contributed by atoms with Crippen LogP contribution in [0.4, 0.5) is 0 Å². The molecule has 0 amide bonds. The van der Waals surface area contributed by atoms with Gasteiger partial charge in [0.1, 0.15) is 17.3 Å². The monoisotopic (exact) mass is 242 g/mol. The summed E-state index contributed by atoms with van der Waals surface area (Å²) in [5.41, 5.74) is 1.10. The molecule has 0 aliphatic heterocycles. The van der Waals surface area contributed by atoms with Gasteiger partial charge < -0.3 is 4.42 Å². The Balaban J connectivity index is 2.95. The van der Waals surface area contributed by atoms with Gasteiger partial charge in [-0.05, 0) is 22.4 Å². The quantitative estimate of drug-likeness (QED) is 0.831. The van der Waals surface area contributed by atoms with Crippen LogP contribution in [0, 0.1) is 0 Å². The summed E-state index contributed by atoms with van der Waals surface area (Å²) in [5, 5.41) is 6.85. The lowest BCUT2D eigenvalue weighted by molar-refractivity contribution is 0.604. The van der Waals surface area contributed by atoms with Crippen LogP contribution >= 0.6 is 15.9 Å². The number of nitrogens with one attached hydrogen (secondary N) is 1. The van der Waals surface area contributed by atoms with E-state index in [1.807, 2.05) is 6.92 Å². The molecule has 5 heteroatoms. The largest absolute Gasteiger partial charge is 0.461 e. The molecule has 0 saturated carbocycles. The van der Waals surface area contributed by atoms with E-state index in [9.17, 15) is 4.79 Å². The molecule has 0 radical (unpaired) electrons. The van der Waals surface area contributed by atoms with Crippen molar-refractivity contribution < 1.29 is 4.42 Å². The van der Waals surface area contributed by atoms with Gasteiger partial charge in [0.05, 0.1) is 4.47 Å². The highest BCUT2D eigenvalue weighted by atomic mass is 79.9. The van der Waals surface area contributed by atoms with Crippen LogP contribution < -0.4 is 5.56 Å². The third kappa shape index (κ3) is 1.19. The number of hydrogen-bond donors (Lipinski definition) is 1. The summed E-state index contributed by atoms with van der Waals surface area (Å²) in [5.74, 6) is 0. The third-order valence-electron chi connectivity index (χ3n) is 1.86. The van der Waals surface area contributed by atoms with Gasteiger partial charge in [-0.25, -0.2) is 5.10 Å². The van der Waals surface area contributed by atoms with E-state index in [1.54, 1.807) is 0 Å². The molecule has 0 aliphatic carbocycles. The molecule has 68 valence electrons. The topological polar surface area (TPSA) is 58.9 Å². The standard InChI is InChI=1S/C8H7BrN2O2/c1-2-5-7-6(4(9)3-13-7)8(12)11-10-5/h3H,2H2,1H3,(H,11,12). The van der Waals surface area contributed by atoms with Crippen LogP contribution in [-0.4, -0.2) is 10.2 Å². The summed E-state index contributed by atoms with van der Waals surface area (Å²) in [6, 6.07) is 0. The lowest BCUT2D eigenvalue weighted by Gasteiger charge is -1.94. The van der Waals surface area contributed by atoms with E-state index >= 15 is 0 Å². The number of aryl methyl sites for hydroxylation is 1. The van der Waals surface area contributed by atoms with E-state index in [0.717, 1.165) is 12.1 Å². The zero-order valence-corrected chi connectivity index (χ0v) is 8.51. The SMILES string of the molecule is CCc1n[nH]c(=O)c2c(Br)coc12. The number of aromatic nitrogens is 2. The van der Waals surface area contributed by atoms with Gasteiger partial charge in [0.2, 0.25) is 0 Å². The second-order valence-corrected chi connectivity index (χ2v) is 3.50. The number of furan rings is 1. The van der Waals surface area contributed by atoms with Crippen LogP contribution in [0.15, 0.2) is 19.9 Å². The first kappa shape index (κ1) is 8.50. The number of nitrogens with zero attached hydrogens (tertiary/aromatic N) is 1. The van der Waals surface area contributed by atoms with E-state index < -0.39 is 0 Å². The van der Waals surface area contributed by atoms with Crippen molar-refractivity contribution in [3.63, 3.8) is 0 Å². The molecule has 2 aromatic heterocycles. The first-order valence-electron chi connectivity index (χ1n) is 3.88. The highest BCUT2D eigenvalue weighted by Crippen LogP contribution is 2.23. The van der Waals surface area contributed by atoms with Crippen molar-refractivity contribution >= 4 is 26.9 Å². The second-order valence-electron chi connectivity index (χ2n) is 2.64. The molecular weight excluding hydrogens is 236 g/mol. The number of aromatic amines is 1. The van der Waals surface area contributed by atoms with Crippen LogP contribution in [-0.2, 0) is 6.42 Å². The molecule has 2 heterocycles. The van der Waals surface area contributed by atoms with Gasteiger partial charge in [-0.2, -0.15) is 5.10 Å². The van der Waals surface area contributed by atoms with Crippen LogP contribution in [0.3, 0.4) is 0 Å². The molecule has 0 spiro atoms. The van der Waals surface area contributed by atoms with Crippen molar-refractivity contribution in [2.45, 2.75) is 13.3 Å². The predicted molar refractivity (Wildman–Crippen MR) is 51.7 cm³/mol. The Kier molecular flexibility index (Phi) is 1.95. The fraction of sp³-hybridized carbons (Fsp3) is 0.250. The summed E-state index contributed by atoms with van der Waals surface area (Å²) in [6.45, 7) is 1.95. The molecule has 0 bridgehead atoms. The Hall–Kier alpha value is -1.10. The van der Waals surface area contributed by atoms with Gasteiger partial charge in [0.25, 0.3) is 5.56 Å². The molecule has 0 saturated heterocycles. The van der Waals surface area contributed by atoms with Gasteiger partial charge in [-0.3, -0.25) is 4.79 Å². The molecule has 4 nitrogen and oxygen atoms in total. The van der Waals surface area contributed by atoms with Crippen LogP contribution in [0.1, 0.15) is 12.6 Å². The Morgan fingerprint density at radius 3 is 3.15 bits per heavy atom. The van der Waals surface area contributed by atoms with Crippen molar-refractivity contribution in [2.75, 3.05) is 0 Å². The molecule has 0 unspecified atom stereocenters. The Labute approximate surface area is 82.1 Å². The fourth-order valence-corrected chi connectivity index (χ4v) is 1.68. The summed E-state index contributed by atoms with van der Waals surface area (Å²) >= 11 is 3.24. The fourth-order valence-electron chi connectivity index (χ4n) is 1.23. The Morgan fingerprint density at radius 2 is 2.46 bits per heavy atom. The summed E-state index contributed by atoms with van der Waals surface area (Å²) in [6.07, 6.45) is 2.23. The molecule has 2 rings (SSSR count). The average Bonchev–Trinajstić information content (AvgIpc) is 2.50. The number of H-pyrrole nitrogens is 1. The normalized spacial score (nSPS) is 10.9. The van der Waals surface area contributed by atoms with Crippen molar-refractivity contribution in [1.82, 2.24) is 10.2 Å². The van der Waals surface area contributed by atoms with Crippen molar-refractivity contribution in [2.24, 2.45) is 0 Å². The van der Waals surface area contributed by atoms with E-state index in [4.69, 9.17) is 4.42 Å². The number of hydrogen-bond acceptors (Lipinski definition) is 3. The summed E-state index contributed by atoms with van der Waals surface area (Å²) in [7, 11) is 0. The van der Waals surface area contributed by atoms with E-state index in [2.05, 4.69) is 26.1 Å². The lowest BCUT2D eigenvalue weighted by Crippen LogP contribution is -2.09. The van der Waals surface area contributed by atoms with Gasteiger partial charge in [-0.15, -0.1) is 0 Å². The van der Waals surface area contributed by atoms with Gasteiger partial charge in [0, 0.05) is 0 Å². The smallest absolute Gasteiger partial charge is 0.276 e. The first-order chi connectivity index (χ1) is 6.24. The van der Waals surface area contributed by atoms with Crippen molar-refractivity contribution in [1.29, 1.82) is 0 Å². The maximum Gasteiger partial charge on any atom is 0.276 e. The van der Waals surface area contributed by atoms with Crippen LogP contribution in [0.5, 0.6) is 0 Å². The number of fused-ring (bicyclic) bond motifs is 1. The zero-order valence-electron chi connectivity index (χ0n) is 6.93. The molecule has 0 fully saturated rings. The predicted octanol–water partition coefficient (Wildman–Crippen LogP) is 1.84. The Morgan fingerprint density at radius 1 is 1.69 bits per heavy atom. The highest BCUT2D eigenvalue weighted by Gasteiger charge is 2.11. The summed E-state index contributed by atoms with van der Waals surface area (Å²) in [4.78, 5) is 11.3. The molecule has 0 aliphatic rings. The maximum atomic E-state index is 11.3. The second kappa shape index (κ2) is 2.99. The van der Waals surface area contributed by atoms with Crippen LogP contribution in [0.25, 0.3) is 11.0 Å². The van der Waals surface area contributed by atoms with Gasteiger partial charge >= 0.3 is 0 Å². The summed E-state index contributed by atoms with van der Waals surface area (Å²) < 4.78 is 5.89. The van der Waals surface area contributed by atoms with Gasteiger partial charge in [0.15, 0.2) is 5.58 Å². The first-order valence-corrected chi connectivity index (χ1v) is 4.67. The highest BCUT2D eigenvalue weighted by molar-refractivity contribution is 9.10. The zero-order chi connectivity index (χ0) is 9.42. The molecule has 2 aromatic rings. The van der Waals surface area contributed by atoms with Crippen LogP contribution in [0.2, 0.25) is 0 Å². The molecule has 13 heavy (non-hydrogen) atoms. The lowest BCUT2D eigenvalue weighted by atomic mass is 10.2. The van der Waals surface area contributed by atoms with E-state index in [1.165, 1.54) is 6.26 Å². The maximum absolute atomic E-state index is 11.3. The number of halogens is 1.